The number of alkyl halides is 3. The number of carbonyl (C=O) groups is 3. The molecule has 0 spiro atoms. The minimum absolute atomic E-state index is 0.0241. The van der Waals surface area contributed by atoms with Crippen LogP contribution < -0.4 is 0 Å². The molecule has 2 aromatic carbocycles. The Hall–Kier alpha value is -3.56. The van der Waals surface area contributed by atoms with Gasteiger partial charge in [-0.2, -0.15) is 13.2 Å². The molecule has 10 heteroatoms. The number of ether oxygens (including phenoxy) is 1. The van der Waals surface area contributed by atoms with E-state index in [1.807, 2.05) is 12.1 Å². The normalized spacial score (nSPS) is 16.1. The summed E-state index contributed by atoms with van der Waals surface area (Å²) >= 11 is 0. The maximum absolute atomic E-state index is 13.2. The molecule has 0 saturated carbocycles. The minimum atomic E-state index is -4.42. The Bertz CT molecular complexity index is 1100. The number of rotatable bonds is 7. The predicted octanol–water partition coefficient (Wildman–Crippen LogP) is 4.83. The lowest BCUT2D eigenvalue weighted by Gasteiger charge is -2.32. The zero-order valence-electron chi connectivity index (χ0n) is 20.3. The molecule has 1 saturated heterocycles. The number of hydrogen-bond acceptors (Lipinski definition) is 4. The fourth-order valence-corrected chi connectivity index (χ4v) is 4.20. The maximum Gasteiger partial charge on any atom is 0.507 e. The van der Waals surface area contributed by atoms with Crippen molar-refractivity contribution in [3.8, 4) is 0 Å². The second-order valence-corrected chi connectivity index (χ2v) is 9.42. The van der Waals surface area contributed by atoms with Crippen molar-refractivity contribution in [1.82, 2.24) is 9.80 Å². The van der Waals surface area contributed by atoms with E-state index in [0.717, 1.165) is 23.3 Å². The van der Waals surface area contributed by atoms with Gasteiger partial charge in [-0.1, -0.05) is 36.4 Å². The molecule has 0 radical (unpaired) electrons. The monoisotopic (exact) mass is 506 g/mol. The Labute approximate surface area is 207 Å². The lowest BCUT2D eigenvalue weighted by atomic mass is 9.82. The lowest BCUT2D eigenvalue weighted by Crippen LogP contribution is -2.47. The third-order valence-electron chi connectivity index (χ3n) is 6.39. The second-order valence-electron chi connectivity index (χ2n) is 9.42. The fraction of sp³-hybridized carbons (Fsp3) is 0.423. The van der Waals surface area contributed by atoms with Crippen LogP contribution in [-0.4, -0.2) is 52.7 Å². The van der Waals surface area contributed by atoms with E-state index >= 15 is 0 Å². The van der Waals surface area contributed by atoms with Crippen LogP contribution in [0, 0.1) is 0 Å². The lowest BCUT2D eigenvalue weighted by molar-refractivity contribution is -0.144. The van der Waals surface area contributed by atoms with Crippen molar-refractivity contribution in [2.75, 3.05) is 13.6 Å². The van der Waals surface area contributed by atoms with Gasteiger partial charge in [0.15, 0.2) is 6.23 Å². The van der Waals surface area contributed by atoms with E-state index in [2.05, 4.69) is 0 Å². The van der Waals surface area contributed by atoms with Crippen molar-refractivity contribution in [1.29, 1.82) is 0 Å². The molecule has 194 valence electrons. The summed E-state index contributed by atoms with van der Waals surface area (Å²) < 4.78 is 43.0. The summed E-state index contributed by atoms with van der Waals surface area (Å²) in [5.74, 6) is -0.476. The highest BCUT2D eigenvalue weighted by atomic mass is 19.4. The molecule has 0 bridgehead atoms. The fourth-order valence-electron chi connectivity index (χ4n) is 4.20. The van der Waals surface area contributed by atoms with Gasteiger partial charge in [-0.25, -0.2) is 4.79 Å². The molecule has 1 heterocycles. The van der Waals surface area contributed by atoms with Gasteiger partial charge in [0.2, 0.25) is 11.8 Å². The molecule has 1 aliphatic heterocycles. The molecule has 2 amide bonds. The number of carbonyl (C=O) groups excluding carboxylic acids is 2. The van der Waals surface area contributed by atoms with Crippen molar-refractivity contribution >= 4 is 18.0 Å². The topological polar surface area (TPSA) is 87.2 Å². The van der Waals surface area contributed by atoms with E-state index in [1.165, 1.54) is 21.9 Å². The highest BCUT2D eigenvalue weighted by Crippen LogP contribution is 2.31. The van der Waals surface area contributed by atoms with E-state index in [0.29, 0.717) is 24.9 Å². The van der Waals surface area contributed by atoms with Gasteiger partial charge in [0, 0.05) is 26.6 Å². The number of carboxylic acid groups (broad SMARTS) is 1. The summed E-state index contributed by atoms with van der Waals surface area (Å²) in [4.78, 5) is 39.6. The van der Waals surface area contributed by atoms with E-state index < -0.39 is 29.5 Å². The van der Waals surface area contributed by atoms with Gasteiger partial charge in [0.05, 0.1) is 17.4 Å². The van der Waals surface area contributed by atoms with Crippen LogP contribution in [0.1, 0.15) is 48.9 Å². The summed E-state index contributed by atoms with van der Waals surface area (Å²) in [7, 11) is 1.61. The molecule has 1 N–H and O–H groups in total. The van der Waals surface area contributed by atoms with Gasteiger partial charge in [0.1, 0.15) is 0 Å². The molecular weight excluding hydrogens is 477 g/mol. The van der Waals surface area contributed by atoms with Crippen LogP contribution in [-0.2, 0) is 38.9 Å². The first-order valence-corrected chi connectivity index (χ1v) is 11.5. The van der Waals surface area contributed by atoms with Gasteiger partial charge in [-0.05, 0) is 49.1 Å². The Morgan fingerprint density at radius 2 is 1.56 bits per heavy atom. The number of amides is 2. The van der Waals surface area contributed by atoms with Gasteiger partial charge < -0.3 is 19.6 Å². The van der Waals surface area contributed by atoms with E-state index in [-0.39, 0.29) is 24.8 Å². The first kappa shape index (κ1) is 27.0. The molecule has 3 rings (SSSR count). The van der Waals surface area contributed by atoms with Gasteiger partial charge in [-0.15, -0.1) is 0 Å². The zero-order chi connectivity index (χ0) is 26.7. The van der Waals surface area contributed by atoms with Crippen LogP contribution in [0.25, 0.3) is 0 Å². The van der Waals surface area contributed by atoms with Crippen molar-refractivity contribution in [2.45, 2.75) is 57.5 Å². The first-order chi connectivity index (χ1) is 16.8. The van der Waals surface area contributed by atoms with Crippen molar-refractivity contribution in [2.24, 2.45) is 0 Å². The second kappa shape index (κ2) is 10.6. The third kappa shape index (κ3) is 6.35. The maximum atomic E-state index is 13.2. The predicted molar refractivity (Wildman–Crippen MR) is 125 cm³/mol. The van der Waals surface area contributed by atoms with Gasteiger partial charge in [-0.3, -0.25) is 9.59 Å². The van der Waals surface area contributed by atoms with Crippen molar-refractivity contribution in [3.05, 3.63) is 70.8 Å². The van der Waals surface area contributed by atoms with E-state index in [9.17, 15) is 27.6 Å². The first-order valence-electron chi connectivity index (χ1n) is 11.5. The summed E-state index contributed by atoms with van der Waals surface area (Å²) in [6.07, 6.45) is -5.54. The largest absolute Gasteiger partial charge is 0.507 e. The average Bonchev–Trinajstić information content (AvgIpc) is 3.25. The Kier molecular flexibility index (Phi) is 7.96. The Balaban J connectivity index is 1.61. The molecule has 0 aromatic heterocycles. The van der Waals surface area contributed by atoms with Crippen LogP contribution in [0.4, 0.5) is 18.0 Å². The average molecular weight is 507 g/mol. The summed E-state index contributed by atoms with van der Waals surface area (Å²) in [6.45, 7) is 4.24. The molecule has 2 aromatic rings. The van der Waals surface area contributed by atoms with Crippen LogP contribution in [0.3, 0.4) is 0 Å². The molecule has 0 unspecified atom stereocenters. The molecule has 1 aliphatic rings. The van der Waals surface area contributed by atoms with Crippen molar-refractivity contribution < 1.29 is 37.4 Å². The van der Waals surface area contributed by atoms with Crippen molar-refractivity contribution in [3.63, 3.8) is 0 Å². The van der Waals surface area contributed by atoms with E-state index in [1.54, 1.807) is 33.0 Å². The quantitative estimate of drug-likeness (QED) is 0.544. The Morgan fingerprint density at radius 3 is 2.11 bits per heavy atom. The summed E-state index contributed by atoms with van der Waals surface area (Å²) in [5.41, 5.74) is 0.355. The number of likely N-dealkylation sites (tertiary alicyclic amines) is 1. The molecular formula is C26H29F3N2O5. The third-order valence-corrected chi connectivity index (χ3v) is 6.39. The molecule has 1 fully saturated rings. The highest BCUT2D eigenvalue weighted by Gasteiger charge is 2.40. The molecule has 0 aliphatic carbocycles. The molecule has 7 nitrogen and oxygen atoms in total. The summed E-state index contributed by atoms with van der Waals surface area (Å²) in [5, 5.41) is 8.93. The highest BCUT2D eigenvalue weighted by molar-refractivity contribution is 5.88. The van der Waals surface area contributed by atoms with Crippen LogP contribution >= 0.6 is 0 Å². The van der Waals surface area contributed by atoms with Gasteiger partial charge in [0.25, 0.3) is 0 Å². The summed E-state index contributed by atoms with van der Waals surface area (Å²) in [6, 6.07) is 11.7. The van der Waals surface area contributed by atoms with Crippen LogP contribution in [0.5, 0.6) is 0 Å². The van der Waals surface area contributed by atoms with Gasteiger partial charge >= 0.3 is 12.3 Å². The van der Waals surface area contributed by atoms with Crippen LogP contribution in [0.2, 0.25) is 0 Å². The minimum Gasteiger partial charge on any atom is -0.450 e. The molecule has 36 heavy (non-hydrogen) atoms. The standard InChI is InChI=1S/C26H29F3N2O5/c1-25(2,23(33)31-14-4-5-22(31)36-24(34)35)19-10-8-18(9-11-19)16-30(3)21(32)15-17-6-12-20(13-7-17)26(27,28)29/h6-13,22H,4-5,14-16H2,1-3H3,(H,34,35)/t22-/m1/s1. The number of nitrogens with zero attached hydrogens (tertiary/aromatic N) is 2. The SMILES string of the molecule is CN(Cc1ccc(C(C)(C)C(=O)N2CCC[C@H]2OC(=O)O)cc1)C(=O)Cc1ccc(C(F)(F)F)cc1. The molecule has 1 atom stereocenters. The zero-order valence-corrected chi connectivity index (χ0v) is 20.3. The van der Waals surface area contributed by atoms with Crippen LogP contribution in [0.15, 0.2) is 48.5 Å². The number of hydrogen-bond donors (Lipinski definition) is 1. The Morgan fingerprint density at radius 1 is 1.00 bits per heavy atom. The van der Waals surface area contributed by atoms with E-state index in [4.69, 9.17) is 9.84 Å². The smallest absolute Gasteiger partial charge is 0.450 e. The number of halogens is 3. The number of benzene rings is 2. The number of likely N-dealkylation sites (N-methyl/N-ethyl adjacent to an activating group) is 1.